The predicted octanol–water partition coefficient (Wildman–Crippen LogP) is 2.28. The van der Waals surface area contributed by atoms with Crippen LogP contribution in [0.2, 0.25) is 0 Å². The van der Waals surface area contributed by atoms with Crippen LogP contribution in [0.1, 0.15) is 47.7 Å². The Morgan fingerprint density at radius 3 is 2.57 bits per heavy atom. The van der Waals surface area contributed by atoms with E-state index >= 15 is 0 Å². The average Bonchev–Trinajstić information content (AvgIpc) is 3.46. The molecule has 6 nitrogen and oxygen atoms in total. The van der Waals surface area contributed by atoms with E-state index in [9.17, 15) is 18.0 Å². The number of halogens is 3. The number of nitrogens with zero attached hydrogens (tertiary/aromatic N) is 2. The lowest BCUT2D eigenvalue weighted by atomic mass is 9.86. The van der Waals surface area contributed by atoms with Gasteiger partial charge >= 0.3 is 6.18 Å². The highest BCUT2D eigenvalue weighted by Gasteiger charge is 2.42. The van der Waals surface area contributed by atoms with Crippen LogP contribution in [0.15, 0.2) is 24.5 Å². The number of amides is 1. The van der Waals surface area contributed by atoms with Gasteiger partial charge in [0, 0.05) is 41.5 Å². The van der Waals surface area contributed by atoms with Gasteiger partial charge in [-0.25, -0.2) is 0 Å². The number of carbonyl (C=O) groups is 1. The first-order valence-electron chi connectivity index (χ1n) is 9.33. The van der Waals surface area contributed by atoms with Crippen molar-refractivity contribution in [3.05, 3.63) is 35.8 Å². The van der Waals surface area contributed by atoms with Crippen molar-refractivity contribution in [2.75, 3.05) is 6.61 Å². The van der Waals surface area contributed by atoms with E-state index in [1.807, 2.05) is 6.07 Å². The van der Waals surface area contributed by atoms with Crippen LogP contribution in [0, 0.1) is 0 Å². The lowest BCUT2D eigenvalue weighted by Crippen LogP contribution is -2.58. The van der Waals surface area contributed by atoms with Crippen LogP contribution in [-0.2, 0) is 0 Å². The van der Waals surface area contributed by atoms with Crippen molar-refractivity contribution in [3.63, 3.8) is 0 Å². The fraction of sp³-hybridized carbons (Fsp3) is 0.526. The molecule has 2 aliphatic rings. The summed E-state index contributed by atoms with van der Waals surface area (Å²) in [6.07, 6.45) is 1.80. The fourth-order valence-electron chi connectivity index (χ4n) is 3.44. The Morgan fingerprint density at radius 1 is 1.18 bits per heavy atom. The van der Waals surface area contributed by atoms with Gasteiger partial charge in [-0.15, -0.1) is 0 Å². The Labute approximate surface area is 159 Å². The second kappa shape index (κ2) is 7.29. The largest absolute Gasteiger partial charge is 0.406 e. The summed E-state index contributed by atoms with van der Waals surface area (Å²) < 4.78 is 38.0. The molecule has 3 N–H and O–H groups in total. The Hall–Kier alpha value is -2.26. The number of aliphatic hydroxyl groups excluding tert-OH is 1. The van der Waals surface area contributed by atoms with E-state index in [1.54, 1.807) is 12.3 Å². The molecule has 0 aliphatic heterocycles. The highest BCUT2D eigenvalue weighted by molar-refractivity contribution is 5.97. The fourth-order valence-corrected chi connectivity index (χ4v) is 3.44. The van der Waals surface area contributed by atoms with Crippen LogP contribution in [0.3, 0.4) is 0 Å². The maximum atomic E-state index is 12.7. The van der Waals surface area contributed by atoms with Gasteiger partial charge in [-0.2, -0.15) is 13.2 Å². The van der Waals surface area contributed by atoms with Crippen LogP contribution >= 0.6 is 0 Å². The van der Waals surface area contributed by atoms with Gasteiger partial charge in [-0.1, -0.05) is 0 Å². The van der Waals surface area contributed by atoms with E-state index < -0.39 is 18.8 Å². The maximum Gasteiger partial charge on any atom is 0.406 e. The summed E-state index contributed by atoms with van der Waals surface area (Å²) in [6, 6.07) is 1.15. The number of carbonyl (C=O) groups excluding carboxylic acids is 1. The molecule has 0 spiro atoms. The number of aliphatic hydroxyl groups is 1. The van der Waals surface area contributed by atoms with Gasteiger partial charge < -0.3 is 15.7 Å². The van der Waals surface area contributed by atoms with E-state index in [4.69, 9.17) is 5.11 Å². The molecule has 0 radical (unpaired) electrons. The SMILES string of the molecule is O=C(N[C@H]1C[C@@H](N[C@H](CO)C(F)(F)F)C1)c1cnc2cc(C3CC3)ncc2c1. The van der Waals surface area contributed by atoms with Crippen molar-refractivity contribution in [3.8, 4) is 0 Å². The maximum absolute atomic E-state index is 12.7. The second-order valence-corrected chi connectivity index (χ2v) is 7.58. The van der Waals surface area contributed by atoms with E-state index in [1.165, 1.54) is 6.20 Å². The number of nitrogens with one attached hydrogen (secondary N) is 2. The smallest absolute Gasteiger partial charge is 0.394 e. The van der Waals surface area contributed by atoms with E-state index in [2.05, 4.69) is 20.6 Å². The predicted molar refractivity (Wildman–Crippen MR) is 95.9 cm³/mol. The highest BCUT2D eigenvalue weighted by atomic mass is 19.4. The molecule has 2 aliphatic carbocycles. The zero-order valence-corrected chi connectivity index (χ0v) is 15.0. The van der Waals surface area contributed by atoms with Gasteiger partial charge in [-0.05, 0) is 37.8 Å². The summed E-state index contributed by atoms with van der Waals surface area (Å²) >= 11 is 0. The Kier molecular flexibility index (Phi) is 4.96. The number of alkyl halides is 3. The van der Waals surface area contributed by atoms with Gasteiger partial charge in [0.2, 0.25) is 0 Å². The number of pyridine rings is 2. The lowest BCUT2D eigenvalue weighted by molar-refractivity contribution is -0.167. The normalized spacial score (nSPS) is 23.3. The van der Waals surface area contributed by atoms with Crippen molar-refractivity contribution in [2.45, 2.75) is 55.9 Å². The molecule has 1 atom stereocenters. The number of aromatic nitrogens is 2. The molecule has 1 amide bonds. The van der Waals surface area contributed by atoms with Crippen molar-refractivity contribution >= 4 is 16.8 Å². The van der Waals surface area contributed by atoms with Crippen molar-refractivity contribution < 1.29 is 23.1 Å². The van der Waals surface area contributed by atoms with Crippen molar-refractivity contribution in [1.29, 1.82) is 0 Å². The summed E-state index contributed by atoms with van der Waals surface area (Å²) in [7, 11) is 0. The Morgan fingerprint density at radius 2 is 1.93 bits per heavy atom. The van der Waals surface area contributed by atoms with E-state index in [0.717, 1.165) is 29.4 Å². The molecule has 0 unspecified atom stereocenters. The molecule has 2 heterocycles. The van der Waals surface area contributed by atoms with Crippen LogP contribution in [0.5, 0.6) is 0 Å². The van der Waals surface area contributed by atoms with Crippen molar-refractivity contribution in [2.24, 2.45) is 0 Å². The van der Waals surface area contributed by atoms with Crippen molar-refractivity contribution in [1.82, 2.24) is 20.6 Å². The number of fused-ring (bicyclic) bond motifs is 1. The van der Waals surface area contributed by atoms with E-state index in [-0.39, 0.29) is 18.0 Å². The lowest BCUT2D eigenvalue weighted by Gasteiger charge is -2.38. The highest BCUT2D eigenvalue weighted by Crippen LogP contribution is 2.39. The summed E-state index contributed by atoms with van der Waals surface area (Å²) in [4.78, 5) is 21.2. The van der Waals surface area contributed by atoms with E-state index in [0.29, 0.717) is 24.3 Å². The summed E-state index contributed by atoms with van der Waals surface area (Å²) in [5.74, 6) is 0.218. The van der Waals surface area contributed by atoms with Gasteiger partial charge in [0.1, 0.15) is 6.04 Å². The second-order valence-electron chi connectivity index (χ2n) is 7.58. The first-order chi connectivity index (χ1) is 13.3. The minimum atomic E-state index is -4.49. The summed E-state index contributed by atoms with van der Waals surface area (Å²) in [5.41, 5.74) is 2.22. The molecule has 2 aromatic rings. The summed E-state index contributed by atoms with van der Waals surface area (Å²) in [5, 5.41) is 14.8. The molecule has 2 saturated carbocycles. The molecule has 4 rings (SSSR count). The molecule has 0 bridgehead atoms. The first-order valence-corrected chi connectivity index (χ1v) is 9.33. The average molecular weight is 394 g/mol. The number of rotatable bonds is 6. The quantitative estimate of drug-likeness (QED) is 0.700. The number of hydrogen-bond acceptors (Lipinski definition) is 5. The first kappa shape index (κ1) is 19.1. The van der Waals surface area contributed by atoms with Gasteiger partial charge in [-0.3, -0.25) is 14.8 Å². The van der Waals surface area contributed by atoms with Crippen LogP contribution in [0.25, 0.3) is 10.9 Å². The minimum absolute atomic E-state index is 0.205. The van der Waals surface area contributed by atoms with Gasteiger partial charge in [0.15, 0.2) is 0 Å². The van der Waals surface area contributed by atoms with Gasteiger partial charge in [0.05, 0.1) is 17.7 Å². The minimum Gasteiger partial charge on any atom is -0.394 e. The Balaban J connectivity index is 1.32. The molecular formula is C19H21F3N4O2. The molecule has 0 saturated heterocycles. The number of hydrogen-bond donors (Lipinski definition) is 3. The van der Waals surface area contributed by atoms with Crippen LogP contribution in [0.4, 0.5) is 13.2 Å². The zero-order chi connectivity index (χ0) is 19.9. The molecule has 150 valence electrons. The molecule has 2 fully saturated rings. The third-order valence-electron chi connectivity index (χ3n) is 5.33. The summed E-state index contributed by atoms with van der Waals surface area (Å²) in [6.45, 7) is -1.00. The third-order valence-corrected chi connectivity index (χ3v) is 5.33. The molecule has 9 heteroatoms. The molecule has 28 heavy (non-hydrogen) atoms. The molecular weight excluding hydrogens is 373 g/mol. The standard InChI is InChI=1S/C19H21F3N4O2/c20-19(21,22)17(9-27)25-13-4-14(5-13)26-18(28)12-3-11-7-23-15(10-1-2-10)6-16(11)24-8-12/h3,6-8,10,13-14,17,25,27H,1-2,4-5,9H2,(H,26,28)/t13-,14+,17-/m1/s1. The third kappa shape index (κ3) is 4.10. The monoisotopic (exact) mass is 394 g/mol. The van der Waals surface area contributed by atoms with Gasteiger partial charge in [0.25, 0.3) is 5.91 Å². The topological polar surface area (TPSA) is 87.1 Å². The van der Waals surface area contributed by atoms with Crippen LogP contribution < -0.4 is 10.6 Å². The molecule has 2 aromatic heterocycles. The zero-order valence-electron chi connectivity index (χ0n) is 15.0. The van der Waals surface area contributed by atoms with Crippen LogP contribution in [-0.4, -0.2) is 51.9 Å². The molecule has 0 aromatic carbocycles. The Bertz CT molecular complexity index is 879.